The third-order valence-corrected chi connectivity index (χ3v) is 16.3. The molecule has 1 fully saturated rings. The van der Waals surface area contributed by atoms with E-state index in [-0.39, 0.29) is 85.8 Å². The number of hydrogen-bond donors (Lipinski definition) is 8. The molecule has 65 heavy (non-hydrogen) atoms. The number of hydroxylamine groups is 2. The number of halogens is 2. The van der Waals surface area contributed by atoms with E-state index in [0.29, 0.717) is 51.3 Å². The Morgan fingerprint density at radius 3 is 2.14 bits per heavy atom. The highest BCUT2D eigenvalue weighted by molar-refractivity contribution is 7.72. The summed E-state index contributed by atoms with van der Waals surface area (Å²) in [6.45, 7) is 1.64. The van der Waals surface area contributed by atoms with E-state index in [2.05, 4.69) is 16.0 Å². The van der Waals surface area contributed by atoms with Gasteiger partial charge in [0.1, 0.15) is 11.8 Å². The third kappa shape index (κ3) is 9.45. The first-order valence-electron chi connectivity index (χ1n) is 21.0. The van der Waals surface area contributed by atoms with Gasteiger partial charge in [-0.05, 0) is 93.8 Å². The molecular weight excluding hydrogens is 899 g/mol. The van der Waals surface area contributed by atoms with Gasteiger partial charge < -0.3 is 63.1 Å². The largest absolute Gasteiger partial charge is 0.737 e. The number of fused-ring (bicyclic) bond motifs is 12. The number of imide groups is 1. The molecule has 0 radical (unpaired) electrons. The Morgan fingerprint density at radius 2 is 1.52 bits per heavy atom. The summed E-state index contributed by atoms with van der Waals surface area (Å²) in [6, 6.07) is 4.65. The maximum absolute atomic E-state index is 17.3. The number of nitrogens with zero attached hydrogens (tertiary/aromatic N) is 3. The van der Waals surface area contributed by atoms with Crippen LogP contribution < -0.4 is 16.0 Å². The van der Waals surface area contributed by atoms with E-state index >= 15 is 8.63 Å². The van der Waals surface area contributed by atoms with E-state index in [1.807, 2.05) is 0 Å². The van der Waals surface area contributed by atoms with Crippen molar-refractivity contribution in [2.75, 3.05) is 13.1 Å². The van der Waals surface area contributed by atoms with Gasteiger partial charge in [-0.3, -0.25) is 33.1 Å². The molecule has 7 rings (SSSR count). The maximum atomic E-state index is 17.3. The fourth-order valence-electron chi connectivity index (χ4n) is 8.94. The molecule has 2 aromatic rings. The zero-order chi connectivity index (χ0) is 48.0. The van der Waals surface area contributed by atoms with E-state index < -0.39 is 82.3 Å². The minimum Gasteiger partial charge on any atom is -0.393 e. The van der Waals surface area contributed by atoms with E-state index in [1.165, 1.54) is 31.2 Å². The summed E-state index contributed by atoms with van der Waals surface area (Å²) in [7, 11) is -11.4. The van der Waals surface area contributed by atoms with Crippen LogP contribution in [0.3, 0.4) is 0 Å². The van der Waals surface area contributed by atoms with Gasteiger partial charge in [-0.25, -0.2) is 4.79 Å². The summed E-state index contributed by atoms with van der Waals surface area (Å²) in [5.41, 5.74) is 3.47. The first kappa shape index (κ1) is 49.3. The number of hydrogen-bond acceptors (Lipinski definition) is 10. The van der Waals surface area contributed by atoms with Crippen LogP contribution in [0.5, 0.6) is 0 Å². The number of rotatable bonds is 10. The first-order chi connectivity index (χ1) is 30.3. The molecule has 5 aliphatic rings. The molecule has 1 aromatic carbocycles. The molecular formula is C40H51BF2N6O14P2. The lowest BCUT2D eigenvalue weighted by molar-refractivity contribution is -0.363. The van der Waals surface area contributed by atoms with E-state index in [1.54, 1.807) is 20.8 Å². The summed E-state index contributed by atoms with van der Waals surface area (Å²) in [6.07, 6.45) is -1.21. The third-order valence-electron chi connectivity index (χ3n) is 12.4. The number of carbonyl (C=O) groups is 6. The highest BCUT2D eigenvalue weighted by Gasteiger charge is 2.59. The van der Waals surface area contributed by atoms with Crippen LogP contribution in [0.15, 0.2) is 41.1 Å². The predicted octanol–water partition coefficient (Wildman–Crippen LogP) is 2.52. The number of allylic oxidation sites excluding steroid dienone is 2. The maximum Gasteiger partial charge on any atom is 0.737 e. The molecule has 0 spiro atoms. The van der Waals surface area contributed by atoms with Gasteiger partial charge in [-0.2, -0.15) is 0 Å². The average molecular weight is 951 g/mol. The van der Waals surface area contributed by atoms with Gasteiger partial charge in [-0.15, -0.1) is 5.06 Å². The SMILES string of the molecule is CC1=C2CCC(=O)NCCCCC(C(=O)NCCCC(O)(P(=O)(O)O)P(=O)(O)O)NC(=O)CCc3c(C)c4n(c3C)[B-](F)(F)[N+](=C2C)C1=C4c1ccc(C(=O)ON2C(=O)CCC2=O)cc1. The summed E-state index contributed by atoms with van der Waals surface area (Å²) in [5.74, 6) is -4.05. The van der Waals surface area contributed by atoms with Gasteiger partial charge in [0.25, 0.3) is 16.9 Å². The molecule has 1 unspecified atom stereocenters. The van der Waals surface area contributed by atoms with Crippen molar-refractivity contribution in [3.63, 3.8) is 0 Å². The molecule has 8 N–H and O–H groups in total. The summed E-state index contributed by atoms with van der Waals surface area (Å²) >= 11 is 0. The van der Waals surface area contributed by atoms with Gasteiger partial charge in [0.2, 0.25) is 17.7 Å². The Bertz CT molecular complexity index is 2530. The molecule has 0 saturated carbocycles. The zero-order valence-electron chi connectivity index (χ0n) is 36.1. The van der Waals surface area contributed by atoms with Crippen molar-refractivity contribution in [1.29, 1.82) is 0 Å². The Hall–Kier alpha value is -5.15. The van der Waals surface area contributed by atoms with Crippen LogP contribution in [0.2, 0.25) is 0 Å². The Balaban J connectivity index is 1.33. The molecule has 1 atom stereocenters. The second-order valence-electron chi connectivity index (χ2n) is 16.5. The molecule has 6 heterocycles. The molecule has 25 heteroatoms. The van der Waals surface area contributed by atoms with Crippen LogP contribution in [-0.2, 0) is 44.4 Å². The van der Waals surface area contributed by atoms with E-state index in [4.69, 9.17) is 4.84 Å². The highest BCUT2D eigenvalue weighted by atomic mass is 31.2. The summed E-state index contributed by atoms with van der Waals surface area (Å²) in [4.78, 5) is 120. The summed E-state index contributed by atoms with van der Waals surface area (Å²) in [5, 5.41) is 14.8. The first-order valence-corrected chi connectivity index (χ1v) is 24.2. The van der Waals surface area contributed by atoms with Crippen molar-refractivity contribution >= 4 is 69.0 Å². The number of benzene rings is 1. The highest BCUT2D eigenvalue weighted by Crippen LogP contribution is 2.69. The average Bonchev–Trinajstić information content (AvgIpc) is 3.78. The lowest BCUT2D eigenvalue weighted by Gasteiger charge is -2.34. The van der Waals surface area contributed by atoms with Crippen LogP contribution in [0.4, 0.5) is 8.63 Å². The lowest BCUT2D eigenvalue weighted by atomic mass is 9.83. The van der Waals surface area contributed by atoms with Gasteiger partial charge in [-0.1, -0.05) is 12.1 Å². The van der Waals surface area contributed by atoms with Crippen LogP contribution in [-0.4, -0.2) is 111 Å². The molecule has 1 saturated heterocycles. The Kier molecular flexibility index (Phi) is 14.1. The van der Waals surface area contributed by atoms with Gasteiger partial charge in [0.15, 0.2) is 5.70 Å². The fraction of sp³-hybridized carbons (Fsp3) is 0.475. The second kappa shape index (κ2) is 18.6. The monoisotopic (exact) mass is 950 g/mol. The predicted molar refractivity (Wildman–Crippen MR) is 228 cm³/mol. The van der Waals surface area contributed by atoms with Gasteiger partial charge in [0, 0.05) is 69.0 Å². The normalized spacial score (nSPS) is 20.2. The van der Waals surface area contributed by atoms with Crippen LogP contribution in [0, 0.1) is 13.8 Å². The number of amides is 5. The van der Waals surface area contributed by atoms with Crippen LogP contribution in [0.1, 0.15) is 116 Å². The Labute approximate surface area is 371 Å². The summed E-state index contributed by atoms with van der Waals surface area (Å²) < 4.78 is 60.1. The van der Waals surface area contributed by atoms with Crippen molar-refractivity contribution in [2.24, 2.45) is 0 Å². The molecule has 20 nitrogen and oxygen atoms in total. The smallest absolute Gasteiger partial charge is 0.393 e. The molecule has 6 bridgehead atoms. The minimum absolute atomic E-state index is 0.0238. The molecule has 1 aromatic heterocycles. The number of carbonyl (C=O) groups excluding carboxylic acids is 6. The fourth-order valence-corrected chi connectivity index (χ4v) is 11.2. The van der Waals surface area contributed by atoms with Crippen molar-refractivity contribution in [1.82, 2.24) is 25.5 Å². The van der Waals surface area contributed by atoms with Crippen molar-refractivity contribution in [3.05, 3.63) is 74.8 Å². The van der Waals surface area contributed by atoms with E-state index in [0.717, 1.165) is 8.96 Å². The lowest BCUT2D eigenvalue weighted by Crippen LogP contribution is -2.51. The van der Waals surface area contributed by atoms with Gasteiger partial charge in [0.05, 0.1) is 11.1 Å². The molecule has 5 amide bonds. The Morgan fingerprint density at radius 1 is 0.908 bits per heavy atom. The standard InChI is InChI=1S/C40H51BF2N6O14P2/c1-22-28-13-15-31(50)44-20-6-5-8-30(38(54)45-21-7-19-40(56,64(57,58)59)65(60,61)62)46-32(51)16-14-29-23(2)37-35(36(22)47(24(28)3)41(42,43)48(37)25(29)4)26-9-11-27(12-10-26)39(55)63-49-33(52)17-18-34(49)53/h9-12,30,56H,5-8,13-21H2,1-4H3,(H,44,50)(H,45,54)(H,46,51)(H2,57,58,59)(H2,60,61,62). The van der Waals surface area contributed by atoms with Crippen LogP contribution in [0.25, 0.3) is 5.57 Å². The van der Waals surface area contributed by atoms with Crippen molar-refractivity contribution in [2.45, 2.75) is 109 Å². The van der Waals surface area contributed by atoms with Crippen molar-refractivity contribution in [3.8, 4) is 0 Å². The van der Waals surface area contributed by atoms with E-state index in [9.17, 15) is 62.6 Å². The quantitative estimate of drug-likeness (QED) is 0.0736. The van der Waals surface area contributed by atoms with Gasteiger partial charge >= 0.3 is 28.1 Å². The molecule has 5 aliphatic heterocycles. The zero-order valence-corrected chi connectivity index (χ0v) is 37.8. The molecule has 352 valence electrons. The second-order valence-corrected chi connectivity index (χ2v) is 20.5. The number of aromatic nitrogens is 1. The topological polar surface area (TPSA) is 294 Å². The van der Waals surface area contributed by atoms with Crippen molar-refractivity contribution < 1.29 is 80.5 Å². The minimum atomic E-state index is -5.72. The molecule has 0 aliphatic carbocycles. The number of aliphatic hydroxyl groups is 1. The van der Waals surface area contributed by atoms with Crippen LogP contribution >= 0.6 is 15.2 Å². The number of nitrogens with one attached hydrogen (secondary N) is 3.